The quantitative estimate of drug-likeness (QED) is 0.502. The summed E-state index contributed by atoms with van der Waals surface area (Å²) in [7, 11) is 0. The zero-order valence-corrected chi connectivity index (χ0v) is 11.9. The van der Waals surface area contributed by atoms with Crippen LogP contribution in [0.4, 0.5) is 0 Å². The second kappa shape index (κ2) is 7.21. The molecule has 5 heteroatoms. The molecule has 1 fully saturated rings. The SMILES string of the molecule is Cc1cccc(/C=N\NC(=S)NC[C@H]2CCCO2)c1. The molecule has 1 saturated heterocycles. The summed E-state index contributed by atoms with van der Waals surface area (Å²) in [5.74, 6) is 0. The van der Waals surface area contributed by atoms with Crippen LogP contribution in [0.3, 0.4) is 0 Å². The van der Waals surface area contributed by atoms with Crippen molar-refractivity contribution in [2.45, 2.75) is 25.9 Å². The molecule has 2 rings (SSSR count). The highest BCUT2D eigenvalue weighted by Crippen LogP contribution is 2.10. The molecule has 1 aliphatic heterocycles. The zero-order valence-electron chi connectivity index (χ0n) is 11.1. The molecule has 1 aromatic rings. The average Bonchev–Trinajstić information content (AvgIpc) is 2.89. The number of benzene rings is 1. The van der Waals surface area contributed by atoms with E-state index in [0.29, 0.717) is 5.11 Å². The predicted octanol–water partition coefficient (Wildman–Crippen LogP) is 1.97. The van der Waals surface area contributed by atoms with Gasteiger partial charge in [0.15, 0.2) is 5.11 Å². The van der Waals surface area contributed by atoms with Gasteiger partial charge in [0.05, 0.1) is 12.3 Å². The van der Waals surface area contributed by atoms with Gasteiger partial charge in [-0.25, -0.2) is 0 Å². The Labute approximate surface area is 119 Å². The van der Waals surface area contributed by atoms with Gasteiger partial charge in [0.2, 0.25) is 0 Å². The third-order valence-electron chi connectivity index (χ3n) is 2.94. The van der Waals surface area contributed by atoms with Crippen molar-refractivity contribution in [1.29, 1.82) is 0 Å². The lowest BCUT2D eigenvalue weighted by atomic mass is 10.2. The molecule has 1 aliphatic rings. The maximum Gasteiger partial charge on any atom is 0.187 e. The first-order chi connectivity index (χ1) is 9.24. The molecule has 0 unspecified atom stereocenters. The van der Waals surface area contributed by atoms with Gasteiger partial charge in [-0.1, -0.05) is 29.8 Å². The monoisotopic (exact) mass is 277 g/mol. The summed E-state index contributed by atoms with van der Waals surface area (Å²) in [6.45, 7) is 3.66. The van der Waals surface area contributed by atoms with Crippen molar-refractivity contribution in [3.8, 4) is 0 Å². The van der Waals surface area contributed by atoms with Gasteiger partial charge in [0, 0.05) is 13.2 Å². The second-order valence-electron chi connectivity index (χ2n) is 4.63. The molecule has 0 aromatic heterocycles. The van der Waals surface area contributed by atoms with Gasteiger partial charge >= 0.3 is 0 Å². The number of thiocarbonyl (C=S) groups is 1. The molecule has 2 N–H and O–H groups in total. The van der Waals surface area contributed by atoms with E-state index in [0.717, 1.165) is 31.6 Å². The lowest BCUT2D eigenvalue weighted by molar-refractivity contribution is 0.114. The molecule has 102 valence electrons. The van der Waals surface area contributed by atoms with Crippen LogP contribution in [0.5, 0.6) is 0 Å². The number of nitrogens with one attached hydrogen (secondary N) is 2. The summed E-state index contributed by atoms with van der Waals surface area (Å²) in [6, 6.07) is 8.12. The molecule has 1 atom stereocenters. The fraction of sp³-hybridized carbons (Fsp3) is 0.429. The van der Waals surface area contributed by atoms with Crippen LogP contribution >= 0.6 is 12.2 Å². The van der Waals surface area contributed by atoms with Gasteiger partial charge in [0.1, 0.15) is 0 Å². The third kappa shape index (κ3) is 4.96. The number of ether oxygens (including phenoxy) is 1. The molecule has 1 aromatic carbocycles. The molecule has 0 amide bonds. The van der Waals surface area contributed by atoms with E-state index in [2.05, 4.69) is 34.9 Å². The Balaban J connectivity index is 1.70. The Morgan fingerprint density at radius 2 is 2.47 bits per heavy atom. The molecule has 0 spiro atoms. The Kier molecular flexibility index (Phi) is 5.30. The first kappa shape index (κ1) is 14.0. The standard InChI is InChI=1S/C14H19N3OS/c1-11-4-2-5-12(8-11)9-16-17-14(19)15-10-13-6-3-7-18-13/h2,4-5,8-9,13H,3,6-7,10H2,1H3,(H2,15,17,19)/b16-9-/t13-/m1/s1. The van der Waals surface area contributed by atoms with Crippen LogP contribution in [0.15, 0.2) is 29.4 Å². The van der Waals surface area contributed by atoms with E-state index >= 15 is 0 Å². The van der Waals surface area contributed by atoms with Crippen molar-refractivity contribution in [2.24, 2.45) is 5.10 Å². The van der Waals surface area contributed by atoms with Crippen LogP contribution in [0.25, 0.3) is 0 Å². The Bertz CT molecular complexity index is 456. The van der Waals surface area contributed by atoms with Crippen LogP contribution < -0.4 is 10.7 Å². The minimum atomic E-state index is 0.278. The van der Waals surface area contributed by atoms with Crippen molar-refractivity contribution >= 4 is 23.5 Å². The van der Waals surface area contributed by atoms with E-state index < -0.39 is 0 Å². The van der Waals surface area contributed by atoms with Crippen molar-refractivity contribution < 1.29 is 4.74 Å². The van der Waals surface area contributed by atoms with Crippen LogP contribution in [0.2, 0.25) is 0 Å². The maximum atomic E-state index is 5.50. The van der Waals surface area contributed by atoms with Gasteiger partial charge in [0.25, 0.3) is 0 Å². The highest BCUT2D eigenvalue weighted by Gasteiger charge is 2.14. The fourth-order valence-corrected chi connectivity index (χ4v) is 2.10. The van der Waals surface area contributed by atoms with Crippen LogP contribution in [-0.4, -0.2) is 30.6 Å². The van der Waals surface area contributed by atoms with Gasteiger partial charge < -0.3 is 10.1 Å². The molecule has 19 heavy (non-hydrogen) atoms. The summed E-state index contributed by atoms with van der Waals surface area (Å²) < 4.78 is 5.50. The van der Waals surface area contributed by atoms with Gasteiger partial charge in [-0.2, -0.15) is 5.10 Å². The number of nitrogens with zero attached hydrogens (tertiary/aromatic N) is 1. The van der Waals surface area contributed by atoms with E-state index in [4.69, 9.17) is 17.0 Å². The first-order valence-corrected chi connectivity index (χ1v) is 6.90. The highest BCUT2D eigenvalue weighted by atomic mass is 32.1. The van der Waals surface area contributed by atoms with E-state index in [1.165, 1.54) is 5.56 Å². The lowest BCUT2D eigenvalue weighted by Gasteiger charge is -2.11. The van der Waals surface area contributed by atoms with Crippen molar-refractivity contribution in [2.75, 3.05) is 13.2 Å². The Morgan fingerprint density at radius 3 is 3.21 bits per heavy atom. The number of aryl methyl sites for hydroxylation is 1. The molecular weight excluding hydrogens is 258 g/mol. The molecule has 1 heterocycles. The van der Waals surface area contributed by atoms with Gasteiger partial charge in [-0.15, -0.1) is 0 Å². The molecular formula is C14H19N3OS. The molecule has 0 saturated carbocycles. The third-order valence-corrected chi connectivity index (χ3v) is 3.17. The largest absolute Gasteiger partial charge is 0.376 e. The van der Waals surface area contributed by atoms with Gasteiger partial charge in [-0.05, 0) is 37.5 Å². The number of rotatable bonds is 4. The highest BCUT2D eigenvalue weighted by molar-refractivity contribution is 7.80. The van der Waals surface area contributed by atoms with Crippen LogP contribution in [0, 0.1) is 6.92 Å². The first-order valence-electron chi connectivity index (χ1n) is 6.49. The maximum absolute atomic E-state index is 5.50. The van der Waals surface area contributed by atoms with Crippen LogP contribution in [0.1, 0.15) is 24.0 Å². The van der Waals surface area contributed by atoms with E-state index in [9.17, 15) is 0 Å². The van der Waals surface area contributed by atoms with E-state index in [1.54, 1.807) is 6.21 Å². The lowest BCUT2D eigenvalue weighted by Crippen LogP contribution is -2.37. The van der Waals surface area contributed by atoms with Crippen molar-refractivity contribution in [3.63, 3.8) is 0 Å². The molecule has 0 radical (unpaired) electrons. The average molecular weight is 277 g/mol. The van der Waals surface area contributed by atoms with Gasteiger partial charge in [-0.3, -0.25) is 5.43 Å². The molecule has 0 aliphatic carbocycles. The number of hydrogen-bond donors (Lipinski definition) is 2. The Morgan fingerprint density at radius 1 is 1.58 bits per heavy atom. The Hall–Kier alpha value is -1.46. The summed E-state index contributed by atoms with van der Waals surface area (Å²) in [4.78, 5) is 0. The number of hydrogen-bond acceptors (Lipinski definition) is 3. The van der Waals surface area contributed by atoms with Crippen molar-refractivity contribution in [3.05, 3.63) is 35.4 Å². The number of hydrazone groups is 1. The summed E-state index contributed by atoms with van der Waals surface area (Å²) in [5.41, 5.74) is 5.07. The molecule has 0 bridgehead atoms. The topological polar surface area (TPSA) is 45.7 Å². The summed E-state index contributed by atoms with van der Waals surface area (Å²) in [6.07, 6.45) is 4.27. The van der Waals surface area contributed by atoms with E-state index in [1.807, 2.05) is 12.1 Å². The smallest absolute Gasteiger partial charge is 0.187 e. The van der Waals surface area contributed by atoms with Crippen LogP contribution in [-0.2, 0) is 4.74 Å². The normalized spacial score (nSPS) is 18.7. The predicted molar refractivity (Wildman–Crippen MR) is 81.5 cm³/mol. The summed E-state index contributed by atoms with van der Waals surface area (Å²) >= 11 is 5.14. The van der Waals surface area contributed by atoms with Crippen molar-refractivity contribution in [1.82, 2.24) is 10.7 Å². The fourth-order valence-electron chi connectivity index (χ4n) is 1.97. The molecule has 4 nitrogen and oxygen atoms in total. The van der Waals surface area contributed by atoms with E-state index in [-0.39, 0.29) is 6.10 Å². The minimum absolute atomic E-state index is 0.278. The minimum Gasteiger partial charge on any atom is -0.376 e. The zero-order chi connectivity index (χ0) is 13.5. The second-order valence-corrected chi connectivity index (χ2v) is 5.04. The summed E-state index contributed by atoms with van der Waals surface area (Å²) in [5, 5.41) is 7.74.